The number of hydrogen-bond donors (Lipinski definition) is 2. The van der Waals surface area contributed by atoms with Crippen LogP contribution in [0.3, 0.4) is 0 Å². The molecule has 2 N–H and O–H groups in total. The number of nitro groups is 1. The molecule has 0 bridgehead atoms. The predicted octanol–water partition coefficient (Wildman–Crippen LogP) is 3.05. The molecule has 9 nitrogen and oxygen atoms in total. The highest BCUT2D eigenvalue weighted by Crippen LogP contribution is 2.24. The molecule has 1 amide bonds. The first-order valence-corrected chi connectivity index (χ1v) is 9.57. The third kappa shape index (κ3) is 3.57. The van der Waals surface area contributed by atoms with Crippen molar-refractivity contribution < 1.29 is 9.72 Å². The number of fused-ring (bicyclic) bond motifs is 3. The number of non-ortho nitro benzene ring substituents is 1. The van der Waals surface area contributed by atoms with Crippen molar-refractivity contribution in [2.75, 3.05) is 11.1 Å². The molecule has 0 aliphatic rings. The molecule has 146 valence electrons. The second kappa shape index (κ2) is 7.40. The standard InChI is InChI=1S/C19H15N5O4S/c1-23-18(26)17-16(13-4-2-3-5-14(13)21-17)22-19(23)29-10-15(25)20-11-6-8-12(9-7-11)24(27)28/h2-9,21H,10H2,1H3,(H,20,25). The first-order valence-electron chi connectivity index (χ1n) is 8.58. The fraction of sp³-hybridized carbons (Fsp3) is 0.105. The molecule has 0 fully saturated rings. The molecule has 4 rings (SSSR count). The van der Waals surface area contributed by atoms with Gasteiger partial charge < -0.3 is 10.3 Å². The van der Waals surface area contributed by atoms with E-state index in [9.17, 15) is 19.7 Å². The van der Waals surface area contributed by atoms with Crippen LogP contribution in [0.2, 0.25) is 0 Å². The van der Waals surface area contributed by atoms with E-state index in [1.54, 1.807) is 7.05 Å². The monoisotopic (exact) mass is 409 g/mol. The van der Waals surface area contributed by atoms with Crippen LogP contribution >= 0.6 is 11.8 Å². The van der Waals surface area contributed by atoms with Crippen LogP contribution in [-0.4, -0.2) is 31.1 Å². The van der Waals surface area contributed by atoms with Crippen LogP contribution in [0.5, 0.6) is 0 Å². The summed E-state index contributed by atoms with van der Waals surface area (Å²) < 4.78 is 1.40. The normalized spacial score (nSPS) is 11.1. The summed E-state index contributed by atoms with van der Waals surface area (Å²) in [7, 11) is 1.61. The Balaban J connectivity index is 1.54. The number of H-pyrrole nitrogens is 1. The summed E-state index contributed by atoms with van der Waals surface area (Å²) in [6.07, 6.45) is 0. The van der Waals surface area contributed by atoms with Crippen molar-refractivity contribution in [2.45, 2.75) is 5.16 Å². The van der Waals surface area contributed by atoms with Gasteiger partial charge in [0.1, 0.15) is 11.0 Å². The SMILES string of the molecule is Cn1c(SCC(=O)Nc2ccc([N+](=O)[O-])cc2)nc2c([nH]c3ccccc32)c1=O. The summed E-state index contributed by atoms with van der Waals surface area (Å²) in [4.78, 5) is 42.8. The van der Waals surface area contributed by atoms with Crippen molar-refractivity contribution in [1.82, 2.24) is 14.5 Å². The number of amides is 1. The molecule has 0 unspecified atom stereocenters. The highest BCUT2D eigenvalue weighted by Gasteiger charge is 2.15. The van der Waals surface area contributed by atoms with Crippen LogP contribution < -0.4 is 10.9 Å². The van der Waals surface area contributed by atoms with E-state index >= 15 is 0 Å². The van der Waals surface area contributed by atoms with Crippen molar-refractivity contribution in [1.29, 1.82) is 0 Å². The predicted molar refractivity (Wildman–Crippen MR) is 111 cm³/mol. The van der Waals surface area contributed by atoms with Gasteiger partial charge in [0.05, 0.1) is 10.7 Å². The molecule has 0 saturated carbocycles. The second-order valence-corrected chi connectivity index (χ2v) is 7.24. The minimum absolute atomic E-state index is 0.0329. The molecule has 0 aliphatic heterocycles. The van der Waals surface area contributed by atoms with Crippen LogP contribution in [0, 0.1) is 10.1 Å². The highest BCUT2D eigenvalue weighted by atomic mass is 32.2. The van der Waals surface area contributed by atoms with Crippen LogP contribution in [-0.2, 0) is 11.8 Å². The van der Waals surface area contributed by atoms with Gasteiger partial charge in [0.25, 0.3) is 11.2 Å². The number of hydrogen-bond acceptors (Lipinski definition) is 6. The van der Waals surface area contributed by atoms with Gasteiger partial charge >= 0.3 is 0 Å². The van der Waals surface area contributed by atoms with Crippen molar-refractivity contribution in [3.8, 4) is 0 Å². The van der Waals surface area contributed by atoms with Gasteiger partial charge in [0.15, 0.2) is 5.16 Å². The molecule has 0 aliphatic carbocycles. The highest BCUT2D eigenvalue weighted by molar-refractivity contribution is 7.99. The average molecular weight is 409 g/mol. The second-order valence-electron chi connectivity index (χ2n) is 6.29. The molecular formula is C19H15N5O4S. The number of rotatable bonds is 5. The van der Waals surface area contributed by atoms with Gasteiger partial charge in [-0.2, -0.15) is 0 Å². The maximum atomic E-state index is 12.7. The molecular weight excluding hydrogens is 394 g/mol. The van der Waals surface area contributed by atoms with Crippen LogP contribution in [0.15, 0.2) is 58.5 Å². The van der Waals surface area contributed by atoms with Crippen molar-refractivity contribution >= 4 is 51.0 Å². The van der Waals surface area contributed by atoms with E-state index in [2.05, 4.69) is 15.3 Å². The summed E-state index contributed by atoms with van der Waals surface area (Å²) in [6, 6.07) is 13.1. The first-order chi connectivity index (χ1) is 13.9. The minimum Gasteiger partial charge on any atom is -0.349 e. The van der Waals surface area contributed by atoms with Gasteiger partial charge in [0, 0.05) is 35.8 Å². The number of aromatic amines is 1. The number of carbonyl (C=O) groups is 1. The zero-order chi connectivity index (χ0) is 20.5. The fourth-order valence-electron chi connectivity index (χ4n) is 2.95. The lowest BCUT2D eigenvalue weighted by Crippen LogP contribution is -2.21. The topological polar surface area (TPSA) is 123 Å². The third-order valence-electron chi connectivity index (χ3n) is 4.39. The van der Waals surface area contributed by atoms with Crippen LogP contribution in [0.4, 0.5) is 11.4 Å². The van der Waals surface area contributed by atoms with E-state index in [1.165, 1.54) is 28.8 Å². The Hall–Kier alpha value is -3.66. The molecule has 0 spiro atoms. The van der Waals surface area contributed by atoms with Crippen molar-refractivity contribution in [3.05, 3.63) is 69.0 Å². The van der Waals surface area contributed by atoms with Crippen molar-refractivity contribution in [3.63, 3.8) is 0 Å². The summed E-state index contributed by atoms with van der Waals surface area (Å²) in [5.74, 6) is -0.275. The van der Waals surface area contributed by atoms with Crippen molar-refractivity contribution in [2.24, 2.45) is 7.05 Å². The van der Waals surface area contributed by atoms with E-state index in [-0.39, 0.29) is 22.9 Å². The molecule has 0 atom stereocenters. The smallest absolute Gasteiger partial charge is 0.278 e. The first kappa shape index (κ1) is 18.7. The number of carbonyl (C=O) groups excluding carboxylic acids is 1. The zero-order valence-electron chi connectivity index (χ0n) is 15.2. The maximum absolute atomic E-state index is 12.7. The van der Waals surface area contributed by atoms with Gasteiger partial charge in [-0.3, -0.25) is 24.3 Å². The molecule has 2 aromatic heterocycles. The minimum atomic E-state index is -0.505. The number of anilines is 1. The van der Waals surface area contributed by atoms with Gasteiger partial charge in [0.2, 0.25) is 5.91 Å². The van der Waals surface area contributed by atoms with E-state index in [1.807, 2.05) is 24.3 Å². The third-order valence-corrected chi connectivity index (χ3v) is 5.42. The number of nitrogens with one attached hydrogen (secondary N) is 2. The van der Waals surface area contributed by atoms with Gasteiger partial charge in [-0.1, -0.05) is 30.0 Å². The quantitative estimate of drug-likeness (QED) is 0.226. The molecule has 10 heteroatoms. The molecule has 0 radical (unpaired) electrons. The Bertz CT molecular complexity index is 1310. The van der Waals surface area contributed by atoms with E-state index in [4.69, 9.17) is 0 Å². The summed E-state index contributed by atoms with van der Waals surface area (Å²) in [6.45, 7) is 0. The molecule has 2 aromatic carbocycles. The Kier molecular flexibility index (Phi) is 4.77. The van der Waals surface area contributed by atoms with Crippen LogP contribution in [0.1, 0.15) is 0 Å². The molecule has 2 heterocycles. The lowest BCUT2D eigenvalue weighted by molar-refractivity contribution is -0.384. The number of benzene rings is 2. The molecule has 0 saturated heterocycles. The van der Waals surface area contributed by atoms with Gasteiger partial charge in [-0.05, 0) is 18.2 Å². The largest absolute Gasteiger partial charge is 0.349 e. The number of nitrogens with zero attached hydrogens (tertiary/aromatic N) is 3. The number of aromatic nitrogens is 3. The lowest BCUT2D eigenvalue weighted by atomic mass is 10.2. The molecule has 29 heavy (non-hydrogen) atoms. The van der Waals surface area contributed by atoms with Gasteiger partial charge in [-0.15, -0.1) is 0 Å². The Labute approximate surface area is 167 Å². The Morgan fingerprint density at radius 1 is 1.24 bits per heavy atom. The maximum Gasteiger partial charge on any atom is 0.278 e. The van der Waals surface area contributed by atoms with E-state index in [0.717, 1.165) is 22.7 Å². The fourth-order valence-corrected chi connectivity index (χ4v) is 3.71. The van der Waals surface area contributed by atoms with Gasteiger partial charge in [-0.25, -0.2) is 4.98 Å². The number of para-hydroxylation sites is 1. The lowest BCUT2D eigenvalue weighted by Gasteiger charge is -2.08. The summed E-state index contributed by atoms with van der Waals surface area (Å²) in [5, 5.41) is 14.6. The van der Waals surface area contributed by atoms with E-state index in [0.29, 0.717) is 21.9 Å². The van der Waals surface area contributed by atoms with Crippen LogP contribution in [0.25, 0.3) is 21.9 Å². The molecule has 4 aromatic rings. The summed E-state index contributed by atoms with van der Waals surface area (Å²) >= 11 is 1.14. The number of nitro benzene ring substituents is 1. The average Bonchev–Trinajstić information content (AvgIpc) is 3.09. The zero-order valence-corrected chi connectivity index (χ0v) is 16.0. The Morgan fingerprint density at radius 2 is 1.97 bits per heavy atom. The summed E-state index contributed by atoms with van der Waals surface area (Å²) in [5.41, 5.74) is 2.00. The Morgan fingerprint density at radius 3 is 2.69 bits per heavy atom. The van der Waals surface area contributed by atoms with E-state index < -0.39 is 4.92 Å². The number of thioether (sulfide) groups is 1.